The highest BCUT2D eigenvalue weighted by Crippen LogP contribution is 2.34. The summed E-state index contributed by atoms with van der Waals surface area (Å²) in [5, 5.41) is 5.61. The summed E-state index contributed by atoms with van der Waals surface area (Å²) in [5.41, 5.74) is 6.62. The Kier molecular flexibility index (Phi) is 5.15. The van der Waals surface area contributed by atoms with Crippen LogP contribution in [0.15, 0.2) is 42.5 Å². The zero-order valence-electron chi connectivity index (χ0n) is 13.8. The molecular formula is C18H16FN3O3S. The lowest BCUT2D eigenvalue weighted by Gasteiger charge is -2.08. The SMILES string of the molecule is COCc1c(C(=O)Nc2ccc(NC(N)=O)cc2)sc2cccc(F)c12. The van der Waals surface area contributed by atoms with Crippen LogP contribution in [-0.4, -0.2) is 19.0 Å². The maximum absolute atomic E-state index is 14.2. The Balaban J connectivity index is 1.89. The van der Waals surface area contributed by atoms with Crippen LogP contribution in [0.3, 0.4) is 0 Å². The van der Waals surface area contributed by atoms with Crippen LogP contribution in [0.2, 0.25) is 0 Å². The van der Waals surface area contributed by atoms with E-state index in [9.17, 15) is 14.0 Å². The predicted octanol–water partition coefficient (Wildman–Crippen LogP) is 3.93. The smallest absolute Gasteiger partial charge is 0.316 e. The molecule has 0 saturated carbocycles. The molecule has 0 aliphatic rings. The van der Waals surface area contributed by atoms with E-state index in [1.54, 1.807) is 36.4 Å². The molecular weight excluding hydrogens is 357 g/mol. The number of nitrogens with one attached hydrogen (secondary N) is 2. The van der Waals surface area contributed by atoms with Gasteiger partial charge in [0.05, 0.1) is 11.5 Å². The molecule has 0 radical (unpaired) electrons. The summed E-state index contributed by atoms with van der Waals surface area (Å²) in [6.45, 7) is 0.130. The predicted molar refractivity (Wildman–Crippen MR) is 100 cm³/mol. The van der Waals surface area contributed by atoms with Crippen molar-refractivity contribution in [2.75, 3.05) is 17.7 Å². The zero-order chi connectivity index (χ0) is 18.7. The van der Waals surface area contributed by atoms with E-state index in [4.69, 9.17) is 10.5 Å². The van der Waals surface area contributed by atoms with Gasteiger partial charge < -0.3 is 21.1 Å². The van der Waals surface area contributed by atoms with Crippen molar-refractivity contribution in [2.24, 2.45) is 5.73 Å². The number of carbonyl (C=O) groups excluding carboxylic acids is 2. The molecule has 1 heterocycles. The Morgan fingerprint density at radius 1 is 1.12 bits per heavy atom. The fourth-order valence-electron chi connectivity index (χ4n) is 2.60. The first-order chi connectivity index (χ1) is 12.5. The van der Waals surface area contributed by atoms with E-state index in [0.717, 1.165) is 0 Å². The van der Waals surface area contributed by atoms with E-state index < -0.39 is 6.03 Å². The van der Waals surface area contributed by atoms with Crippen molar-refractivity contribution in [2.45, 2.75) is 6.61 Å². The number of nitrogens with two attached hydrogens (primary N) is 1. The molecule has 0 saturated heterocycles. The van der Waals surface area contributed by atoms with E-state index in [1.807, 2.05) is 0 Å². The first-order valence-corrected chi connectivity index (χ1v) is 8.48. The van der Waals surface area contributed by atoms with Gasteiger partial charge in [-0.1, -0.05) is 6.07 Å². The number of carbonyl (C=O) groups is 2. The number of benzene rings is 2. The standard InChI is InChI=1S/C18H16FN3O3S/c1-25-9-12-15-13(19)3-2-4-14(15)26-16(12)17(23)21-10-5-7-11(8-6-10)22-18(20)24/h2-8H,9H2,1H3,(H,21,23)(H3,20,22,24). The fourth-order valence-corrected chi connectivity index (χ4v) is 3.72. The summed E-state index contributed by atoms with van der Waals surface area (Å²) >= 11 is 1.21. The average Bonchev–Trinajstić information content (AvgIpc) is 2.97. The van der Waals surface area contributed by atoms with Crippen molar-refractivity contribution < 1.29 is 18.7 Å². The normalized spacial score (nSPS) is 10.7. The molecule has 3 amide bonds. The number of amides is 3. The second kappa shape index (κ2) is 7.51. The molecule has 0 aliphatic heterocycles. The number of rotatable bonds is 5. The number of thiophene rings is 1. The van der Waals surface area contributed by atoms with Gasteiger partial charge in [0, 0.05) is 34.1 Å². The molecule has 2 aromatic carbocycles. The van der Waals surface area contributed by atoms with Gasteiger partial charge in [0.1, 0.15) is 5.82 Å². The Morgan fingerprint density at radius 2 is 1.77 bits per heavy atom. The summed E-state index contributed by atoms with van der Waals surface area (Å²) < 4.78 is 20.0. The van der Waals surface area contributed by atoms with Crippen molar-refractivity contribution in [1.29, 1.82) is 0 Å². The molecule has 0 aliphatic carbocycles. The minimum Gasteiger partial charge on any atom is -0.380 e. The van der Waals surface area contributed by atoms with Crippen LogP contribution < -0.4 is 16.4 Å². The van der Waals surface area contributed by atoms with Crippen molar-refractivity contribution in [1.82, 2.24) is 0 Å². The Hall–Kier alpha value is -2.97. The van der Waals surface area contributed by atoms with Gasteiger partial charge in [-0.15, -0.1) is 11.3 Å². The maximum Gasteiger partial charge on any atom is 0.316 e. The van der Waals surface area contributed by atoms with E-state index in [0.29, 0.717) is 31.9 Å². The Labute approximate surface area is 152 Å². The van der Waals surface area contributed by atoms with Gasteiger partial charge in [-0.25, -0.2) is 9.18 Å². The van der Waals surface area contributed by atoms with Crippen LogP contribution in [0, 0.1) is 5.82 Å². The molecule has 3 aromatic rings. The van der Waals surface area contributed by atoms with Gasteiger partial charge in [-0.3, -0.25) is 4.79 Å². The van der Waals surface area contributed by atoms with Gasteiger partial charge in [-0.2, -0.15) is 0 Å². The molecule has 134 valence electrons. The third-order valence-corrected chi connectivity index (χ3v) is 4.86. The molecule has 26 heavy (non-hydrogen) atoms. The van der Waals surface area contributed by atoms with Gasteiger partial charge in [-0.05, 0) is 36.4 Å². The second-order valence-electron chi connectivity index (χ2n) is 5.48. The van der Waals surface area contributed by atoms with Gasteiger partial charge in [0.25, 0.3) is 5.91 Å². The minimum atomic E-state index is -0.668. The first-order valence-electron chi connectivity index (χ1n) is 7.66. The van der Waals surface area contributed by atoms with E-state index in [2.05, 4.69) is 10.6 Å². The molecule has 8 heteroatoms. The van der Waals surface area contributed by atoms with Crippen molar-refractivity contribution in [3.63, 3.8) is 0 Å². The van der Waals surface area contributed by atoms with Crippen LogP contribution in [0.5, 0.6) is 0 Å². The van der Waals surface area contributed by atoms with Crippen molar-refractivity contribution >= 4 is 44.7 Å². The van der Waals surface area contributed by atoms with Crippen LogP contribution in [0.1, 0.15) is 15.2 Å². The molecule has 1 aromatic heterocycles. The molecule has 0 fully saturated rings. The third-order valence-electron chi connectivity index (χ3n) is 3.67. The van der Waals surface area contributed by atoms with E-state index in [1.165, 1.54) is 24.5 Å². The fraction of sp³-hybridized carbons (Fsp3) is 0.111. The number of urea groups is 1. The number of fused-ring (bicyclic) bond motifs is 1. The summed E-state index contributed by atoms with van der Waals surface area (Å²) in [7, 11) is 1.50. The monoisotopic (exact) mass is 373 g/mol. The van der Waals surface area contributed by atoms with Crippen molar-refractivity contribution in [3.8, 4) is 0 Å². The number of anilines is 2. The van der Waals surface area contributed by atoms with Gasteiger partial charge in [0.15, 0.2) is 0 Å². The minimum absolute atomic E-state index is 0.130. The number of halogens is 1. The largest absolute Gasteiger partial charge is 0.380 e. The lowest BCUT2D eigenvalue weighted by molar-refractivity contribution is 0.102. The van der Waals surface area contributed by atoms with Gasteiger partial charge in [0.2, 0.25) is 0 Å². The molecule has 6 nitrogen and oxygen atoms in total. The highest BCUT2D eigenvalue weighted by Gasteiger charge is 2.20. The number of methoxy groups -OCH3 is 1. The summed E-state index contributed by atoms with van der Waals surface area (Å²) in [6, 6.07) is 10.6. The van der Waals surface area contributed by atoms with Crippen LogP contribution in [0.25, 0.3) is 10.1 Å². The molecule has 0 atom stereocenters. The molecule has 4 N–H and O–H groups in total. The van der Waals surface area contributed by atoms with Crippen LogP contribution >= 0.6 is 11.3 Å². The Morgan fingerprint density at radius 3 is 2.38 bits per heavy atom. The summed E-state index contributed by atoms with van der Waals surface area (Å²) in [6.07, 6.45) is 0. The Bertz CT molecular complexity index is 970. The van der Waals surface area contributed by atoms with E-state index in [-0.39, 0.29) is 18.3 Å². The second-order valence-corrected chi connectivity index (χ2v) is 6.53. The third kappa shape index (κ3) is 3.66. The first kappa shape index (κ1) is 17.8. The van der Waals surface area contributed by atoms with Gasteiger partial charge >= 0.3 is 6.03 Å². The zero-order valence-corrected chi connectivity index (χ0v) is 14.7. The average molecular weight is 373 g/mol. The van der Waals surface area contributed by atoms with Crippen LogP contribution in [-0.2, 0) is 11.3 Å². The maximum atomic E-state index is 14.2. The summed E-state index contributed by atoms with van der Waals surface area (Å²) in [5.74, 6) is -0.736. The number of primary amides is 1. The van der Waals surface area contributed by atoms with Crippen LogP contribution in [0.4, 0.5) is 20.6 Å². The number of ether oxygens (including phenoxy) is 1. The van der Waals surface area contributed by atoms with Crippen molar-refractivity contribution in [3.05, 3.63) is 58.7 Å². The van der Waals surface area contributed by atoms with E-state index >= 15 is 0 Å². The lowest BCUT2D eigenvalue weighted by atomic mass is 10.1. The quantitative estimate of drug-likeness (QED) is 0.632. The molecule has 0 unspecified atom stereocenters. The molecule has 0 spiro atoms. The summed E-state index contributed by atoms with van der Waals surface area (Å²) in [4.78, 5) is 23.9. The lowest BCUT2D eigenvalue weighted by Crippen LogP contribution is -2.19. The highest BCUT2D eigenvalue weighted by atomic mass is 32.1. The number of hydrogen-bond acceptors (Lipinski definition) is 4. The topological polar surface area (TPSA) is 93.4 Å². The number of hydrogen-bond donors (Lipinski definition) is 3. The highest BCUT2D eigenvalue weighted by molar-refractivity contribution is 7.21. The molecule has 3 rings (SSSR count). The molecule has 0 bridgehead atoms.